The van der Waals surface area contributed by atoms with E-state index in [9.17, 15) is 37.1 Å². The van der Waals surface area contributed by atoms with Gasteiger partial charge in [0.2, 0.25) is 0 Å². The summed E-state index contributed by atoms with van der Waals surface area (Å²) in [6, 6.07) is 18.6. The van der Waals surface area contributed by atoms with Crippen molar-refractivity contribution in [2.45, 2.75) is 220 Å². The van der Waals surface area contributed by atoms with E-state index in [2.05, 4.69) is 24.5 Å². The lowest BCUT2D eigenvalue weighted by atomic mass is 9.97. The monoisotopic (exact) mass is 1110 g/mol. The SMILES string of the molecule is CCCCCCCCCCCCNC(=O)c1ccc(CN(Cc2cccc(C(F)(F)F)c2)OC(=O)CCC(=O)ON(Cc2ccc(C(=O)NCCCCCCCCCCCC)cc2)CC2CCN(C(=O)OC(C)(C)C)CC2)cc1. The van der Waals surface area contributed by atoms with Gasteiger partial charge >= 0.3 is 24.2 Å². The molecule has 0 radical (unpaired) electrons. The van der Waals surface area contributed by atoms with E-state index in [1.54, 1.807) is 46.4 Å². The molecule has 1 aliphatic rings. The summed E-state index contributed by atoms with van der Waals surface area (Å²) in [4.78, 5) is 79.2. The lowest BCUT2D eigenvalue weighted by Gasteiger charge is -2.35. The molecule has 1 heterocycles. The normalized spacial score (nSPS) is 13.2. The van der Waals surface area contributed by atoms with Gasteiger partial charge in [-0.25, -0.2) is 4.79 Å². The second kappa shape index (κ2) is 36.7. The second-order valence-electron chi connectivity index (χ2n) is 22.4. The molecule has 0 aliphatic carbocycles. The molecule has 0 bridgehead atoms. The number of rotatable bonds is 37. The third-order valence-corrected chi connectivity index (χ3v) is 14.1. The number of unbranched alkanes of at least 4 members (excludes halogenated alkanes) is 18. The topological polar surface area (TPSA) is 147 Å². The van der Waals surface area contributed by atoms with Crippen molar-refractivity contribution in [1.82, 2.24) is 25.7 Å². The van der Waals surface area contributed by atoms with Crippen LogP contribution < -0.4 is 10.6 Å². The van der Waals surface area contributed by atoms with Gasteiger partial charge in [-0.3, -0.25) is 19.2 Å². The summed E-state index contributed by atoms with van der Waals surface area (Å²) in [5.74, 6) is -1.81. The fraction of sp³-hybridized carbons (Fsp3) is 0.635. The highest BCUT2D eigenvalue weighted by Gasteiger charge is 2.31. The van der Waals surface area contributed by atoms with Gasteiger partial charge in [0, 0.05) is 43.9 Å². The third-order valence-electron chi connectivity index (χ3n) is 14.1. The van der Waals surface area contributed by atoms with E-state index in [4.69, 9.17) is 14.4 Å². The summed E-state index contributed by atoms with van der Waals surface area (Å²) in [5, 5.41) is 8.79. The molecule has 3 aromatic rings. The zero-order valence-electron chi connectivity index (χ0n) is 48.4. The number of ether oxygens (including phenoxy) is 1. The van der Waals surface area contributed by atoms with Crippen LogP contribution in [0.5, 0.6) is 0 Å². The van der Waals surface area contributed by atoms with Crippen LogP contribution in [0.15, 0.2) is 72.8 Å². The molecule has 0 atom stereocenters. The second-order valence-corrected chi connectivity index (χ2v) is 22.4. The van der Waals surface area contributed by atoms with Gasteiger partial charge in [-0.05, 0) is 99.4 Å². The highest BCUT2D eigenvalue weighted by molar-refractivity contribution is 5.94. The van der Waals surface area contributed by atoms with E-state index < -0.39 is 29.3 Å². The van der Waals surface area contributed by atoms with Gasteiger partial charge in [0.15, 0.2) is 0 Å². The zero-order valence-corrected chi connectivity index (χ0v) is 48.4. The summed E-state index contributed by atoms with van der Waals surface area (Å²) in [7, 11) is 0. The summed E-state index contributed by atoms with van der Waals surface area (Å²) in [5.41, 5.74) is 1.16. The average molecular weight is 1110 g/mol. The lowest BCUT2D eigenvalue weighted by Crippen LogP contribution is -2.44. The Morgan fingerprint density at radius 3 is 1.38 bits per heavy atom. The molecule has 0 aromatic heterocycles. The molecule has 1 aliphatic heterocycles. The highest BCUT2D eigenvalue weighted by atomic mass is 19.4. The molecule has 3 aromatic carbocycles. The van der Waals surface area contributed by atoms with Gasteiger partial charge in [0.05, 0.1) is 38.0 Å². The van der Waals surface area contributed by atoms with Crippen molar-refractivity contribution in [3.05, 3.63) is 106 Å². The van der Waals surface area contributed by atoms with Crippen molar-refractivity contribution < 1.29 is 51.6 Å². The van der Waals surface area contributed by atoms with Crippen LogP contribution in [-0.4, -0.2) is 83.2 Å². The zero-order chi connectivity index (χ0) is 57.3. The molecule has 79 heavy (non-hydrogen) atoms. The Balaban J connectivity index is 1.34. The molecule has 1 fully saturated rings. The molecule has 1 saturated heterocycles. The Hall–Kier alpha value is -5.48. The van der Waals surface area contributed by atoms with Gasteiger partial charge in [0.25, 0.3) is 11.8 Å². The first-order valence-electron chi connectivity index (χ1n) is 29.7. The number of amides is 3. The molecule has 3 amide bonds. The van der Waals surface area contributed by atoms with E-state index in [0.717, 1.165) is 56.2 Å². The number of hydroxylamine groups is 4. The van der Waals surface area contributed by atoms with Crippen molar-refractivity contribution in [2.75, 3.05) is 32.7 Å². The molecule has 13 nitrogen and oxygen atoms in total. The van der Waals surface area contributed by atoms with E-state index in [1.165, 1.54) is 107 Å². The van der Waals surface area contributed by atoms with E-state index >= 15 is 0 Å². The number of likely N-dealkylation sites (tertiary alicyclic amines) is 1. The standard InChI is InChI=1S/C63H94F3N5O8/c1-6-8-10-12-14-16-18-20-22-24-41-67-59(74)54-33-29-50(30-34-54)46-70(48-52-39-43-69(44-40-52)61(76)77-62(3,4)5)78-57(72)37-38-58(73)79-71(49-53-27-26-28-56(45-53)63(64,65)66)47-51-31-35-55(36-32-51)60(75)68-42-25-23-21-19-17-15-13-11-9-7-2/h26-36,45,52H,6-25,37-44,46-49H2,1-5H3,(H,67,74)(H,68,75). The van der Waals surface area contributed by atoms with E-state index in [0.29, 0.717) is 62.3 Å². The number of benzene rings is 3. The molecule has 0 unspecified atom stereocenters. The molecular formula is C63H94F3N5O8. The Labute approximate surface area is 470 Å². The van der Waals surface area contributed by atoms with Crippen molar-refractivity contribution in [3.8, 4) is 0 Å². The molecule has 2 N–H and O–H groups in total. The first-order chi connectivity index (χ1) is 37.9. The van der Waals surface area contributed by atoms with Gasteiger partial charge in [-0.1, -0.05) is 172 Å². The summed E-state index contributed by atoms with van der Waals surface area (Å²) in [6.45, 7) is 12.3. The molecule has 4 rings (SSSR count). The van der Waals surface area contributed by atoms with Gasteiger partial charge in [-0.15, -0.1) is 10.1 Å². The van der Waals surface area contributed by atoms with Crippen molar-refractivity contribution in [2.24, 2.45) is 5.92 Å². The van der Waals surface area contributed by atoms with Crippen LogP contribution in [0.25, 0.3) is 0 Å². The number of hydrogen-bond donors (Lipinski definition) is 2. The molecule has 440 valence electrons. The number of halogens is 3. The molecule has 16 heteroatoms. The smallest absolute Gasteiger partial charge is 0.416 e. The summed E-state index contributed by atoms with van der Waals surface area (Å²) >= 11 is 0. The Bertz CT molecular complexity index is 2230. The van der Waals surface area contributed by atoms with Crippen LogP contribution in [0.4, 0.5) is 18.0 Å². The fourth-order valence-corrected chi connectivity index (χ4v) is 9.56. The number of piperidine rings is 1. The number of carbonyl (C=O) groups is 5. The maximum atomic E-state index is 13.7. The first kappa shape index (κ1) is 66.0. The first-order valence-corrected chi connectivity index (χ1v) is 29.7. The Kier molecular flexibility index (Phi) is 30.7. The van der Waals surface area contributed by atoms with Gasteiger partial charge in [-0.2, -0.15) is 13.2 Å². The average Bonchev–Trinajstić information content (AvgIpc) is 3.41. The largest absolute Gasteiger partial charge is 0.444 e. The number of nitrogens with one attached hydrogen (secondary N) is 2. The van der Waals surface area contributed by atoms with E-state index in [1.807, 2.05) is 32.9 Å². The van der Waals surface area contributed by atoms with Crippen molar-refractivity contribution in [3.63, 3.8) is 0 Å². The predicted molar refractivity (Wildman–Crippen MR) is 304 cm³/mol. The highest BCUT2D eigenvalue weighted by Crippen LogP contribution is 2.30. The third kappa shape index (κ3) is 28.5. The minimum absolute atomic E-state index is 0.0206. The number of carbonyl (C=O) groups excluding carboxylic acids is 5. The number of alkyl halides is 3. The summed E-state index contributed by atoms with van der Waals surface area (Å²) < 4.78 is 46.8. The van der Waals surface area contributed by atoms with Gasteiger partial charge in [0.1, 0.15) is 5.60 Å². The van der Waals surface area contributed by atoms with Crippen LogP contribution in [0.2, 0.25) is 0 Å². The lowest BCUT2D eigenvalue weighted by molar-refractivity contribution is -0.204. The minimum atomic E-state index is -4.58. The van der Waals surface area contributed by atoms with Crippen LogP contribution in [0.3, 0.4) is 0 Å². The Morgan fingerprint density at radius 2 is 0.949 bits per heavy atom. The van der Waals surface area contributed by atoms with Crippen molar-refractivity contribution >= 4 is 29.8 Å². The van der Waals surface area contributed by atoms with Crippen LogP contribution >= 0.6 is 0 Å². The van der Waals surface area contributed by atoms with Crippen molar-refractivity contribution in [1.29, 1.82) is 0 Å². The molecular weight excluding hydrogens is 1010 g/mol. The summed E-state index contributed by atoms with van der Waals surface area (Å²) in [6.07, 6.45) is 19.6. The van der Waals surface area contributed by atoms with Crippen LogP contribution in [-0.2, 0) is 49.8 Å². The number of nitrogens with zero attached hydrogens (tertiary/aromatic N) is 3. The van der Waals surface area contributed by atoms with Crippen LogP contribution in [0.1, 0.15) is 232 Å². The van der Waals surface area contributed by atoms with Gasteiger partial charge < -0.3 is 29.9 Å². The quantitative estimate of drug-likeness (QED) is 0.0422. The maximum absolute atomic E-state index is 13.7. The maximum Gasteiger partial charge on any atom is 0.416 e. The molecule has 0 spiro atoms. The minimum Gasteiger partial charge on any atom is -0.444 e. The predicted octanol–water partition coefficient (Wildman–Crippen LogP) is 14.9. The van der Waals surface area contributed by atoms with Crippen LogP contribution in [0, 0.1) is 5.92 Å². The fourth-order valence-electron chi connectivity index (χ4n) is 9.56. The number of hydrogen-bond acceptors (Lipinski definition) is 10. The van der Waals surface area contributed by atoms with E-state index in [-0.39, 0.29) is 61.9 Å². The molecule has 0 saturated carbocycles. The Morgan fingerprint density at radius 1 is 0.544 bits per heavy atom.